The second-order valence-corrected chi connectivity index (χ2v) is 4.13. The largest absolute Gasteiger partial charge is 0.292 e. The standard InChI is InChI=1S/C9H4BrClN2O2/c10-6-2-1-5-3-12-4-7(11)8(5)9(6)13(14)15/h1-4H. The summed E-state index contributed by atoms with van der Waals surface area (Å²) in [6, 6.07) is 3.34. The van der Waals surface area contributed by atoms with Crippen LogP contribution in [0.1, 0.15) is 0 Å². The molecule has 0 radical (unpaired) electrons. The Labute approximate surface area is 98.2 Å². The maximum Gasteiger partial charge on any atom is 0.292 e. The Balaban J connectivity index is 2.97. The first-order chi connectivity index (χ1) is 7.11. The minimum absolute atomic E-state index is 0.0279. The molecule has 2 aromatic rings. The lowest BCUT2D eigenvalue weighted by molar-refractivity contribution is -0.383. The topological polar surface area (TPSA) is 56.0 Å². The Morgan fingerprint density at radius 3 is 2.80 bits per heavy atom. The fraction of sp³-hybridized carbons (Fsp3) is 0. The van der Waals surface area contributed by atoms with E-state index >= 15 is 0 Å². The van der Waals surface area contributed by atoms with Crippen LogP contribution >= 0.6 is 27.5 Å². The predicted octanol–water partition coefficient (Wildman–Crippen LogP) is 3.56. The predicted molar refractivity (Wildman–Crippen MR) is 61.1 cm³/mol. The van der Waals surface area contributed by atoms with Gasteiger partial charge in [0.05, 0.1) is 19.8 Å². The smallest absolute Gasteiger partial charge is 0.262 e. The molecule has 76 valence electrons. The first-order valence-corrected chi connectivity index (χ1v) is 5.14. The van der Waals surface area contributed by atoms with E-state index in [1.807, 2.05) is 0 Å². The third-order valence-corrected chi connectivity index (χ3v) is 2.91. The average molecular weight is 288 g/mol. The molecule has 0 unspecified atom stereocenters. The molecule has 0 aliphatic heterocycles. The molecule has 0 aliphatic carbocycles. The lowest BCUT2D eigenvalue weighted by Crippen LogP contribution is -1.92. The maximum absolute atomic E-state index is 10.9. The fourth-order valence-electron chi connectivity index (χ4n) is 1.37. The van der Waals surface area contributed by atoms with Gasteiger partial charge in [-0.3, -0.25) is 15.1 Å². The molecule has 15 heavy (non-hydrogen) atoms. The van der Waals surface area contributed by atoms with Gasteiger partial charge in [0.2, 0.25) is 0 Å². The maximum atomic E-state index is 10.9. The van der Waals surface area contributed by atoms with Crippen molar-refractivity contribution in [1.29, 1.82) is 0 Å². The molecule has 4 nitrogen and oxygen atoms in total. The fourth-order valence-corrected chi connectivity index (χ4v) is 2.10. The number of nitrogens with zero attached hydrogens (tertiary/aromatic N) is 2. The van der Waals surface area contributed by atoms with E-state index in [0.717, 1.165) is 0 Å². The number of pyridine rings is 1. The van der Waals surface area contributed by atoms with Gasteiger partial charge in [-0.25, -0.2) is 0 Å². The van der Waals surface area contributed by atoms with E-state index in [1.54, 1.807) is 18.3 Å². The van der Waals surface area contributed by atoms with Crippen molar-refractivity contribution in [1.82, 2.24) is 4.98 Å². The minimum atomic E-state index is -0.460. The molecule has 0 fully saturated rings. The van der Waals surface area contributed by atoms with E-state index in [4.69, 9.17) is 11.6 Å². The minimum Gasteiger partial charge on any atom is -0.262 e. The molecule has 2 rings (SSSR count). The summed E-state index contributed by atoms with van der Waals surface area (Å²) >= 11 is 9.02. The highest BCUT2D eigenvalue weighted by Gasteiger charge is 2.19. The van der Waals surface area contributed by atoms with Crippen LogP contribution in [0.5, 0.6) is 0 Å². The van der Waals surface area contributed by atoms with Crippen LogP contribution in [0.3, 0.4) is 0 Å². The SMILES string of the molecule is O=[N+]([O-])c1c(Br)ccc2cncc(Cl)c12. The number of hydrogen-bond acceptors (Lipinski definition) is 3. The van der Waals surface area contributed by atoms with Crippen LogP contribution < -0.4 is 0 Å². The zero-order valence-corrected chi connectivity index (χ0v) is 9.62. The summed E-state index contributed by atoms with van der Waals surface area (Å²) in [6.07, 6.45) is 2.93. The summed E-state index contributed by atoms with van der Waals surface area (Å²) in [5, 5.41) is 12.2. The zero-order chi connectivity index (χ0) is 11.0. The van der Waals surface area contributed by atoms with Crippen molar-refractivity contribution in [2.75, 3.05) is 0 Å². The number of hydrogen-bond donors (Lipinski definition) is 0. The molecule has 1 aromatic carbocycles. The first kappa shape index (κ1) is 10.3. The highest BCUT2D eigenvalue weighted by molar-refractivity contribution is 9.10. The van der Waals surface area contributed by atoms with Crippen molar-refractivity contribution in [3.05, 3.63) is 44.1 Å². The van der Waals surface area contributed by atoms with Crippen molar-refractivity contribution in [2.24, 2.45) is 0 Å². The number of nitro benzene ring substituents is 1. The lowest BCUT2D eigenvalue weighted by atomic mass is 10.1. The molecule has 0 N–H and O–H groups in total. The Bertz CT molecular complexity index is 559. The Morgan fingerprint density at radius 1 is 1.40 bits per heavy atom. The third-order valence-electron chi connectivity index (χ3n) is 1.98. The second-order valence-electron chi connectivity index (χ2n) is 2.87. The van der Waals surface area contributed by atoms with Gasteiger partial charge in [0, 0.05) is 17.8 Å². The van der Waals surface area contributed by atoms with E-state index in [2.05, 4.69) is 20.9 Å². The zero-order valence-electron chi connectivity index (χ0n) is 7.28. The van der Waals surface area contributed by atoms with Gasteiger partial charge in [0.1, 0.15) is 0 Å². The second kappa shape index (κ2) is 3.75. The van der Waals surface area contributed by atoms with Gasteiger partial charge in [-0.15, -0.1) is 0 Å². The number of benzene rings is 1. The lowest BCUT2D eigenvalue weighted by Gasteiger charge is -2.02. The van der Waals surface area contributed by atoms with Crippen LogP contribution in [0.2, 0.25) is 5.02 Å². The average Bonchev–Trinajstić information content (AvgIpc) is 2.18. The molecular formula is C9H4BrClN2O2. The van der Waals surface area contributed by atoms with Gasteiger partial charge >= 0.3 is 0 Å². The summed E-state index contributed by atoms with van der Waals surface area (Å²) in [6.45, 7) is 0. The summed E-state index contributed by atoms with van der Waals surface area (Å²) in [5.74, 6) is 0. The van der Waals surface area contributed by atoms with Crippen molar-refractivity contribution < 1.29 is 4.92 Å². The van der Waals surface area contributed by atoms with Crippen molar-refractivity contribution in [2.45, 2.75) is 0 Å². The van der Waals surface area contributed by atoms with Crippen LogP contribution in [-0.4, -0.2) is 9.91 Å². The van der Waals surface area contributed by atoms with Crippen molar-refractivity contribution >= 4 is 44.0 Å². The summed E-state index contributed by atoms with van der Waals surface area (Å²) in [4.78, 5) is 14.3. The number of halogens is 2. The highest BCUT2D eigenvalue weighted by atomic mass is 79.9. The van der Waals surface area contributed by atoms with Crippen molar-refractivity contribution in [3.8, 4) is 0 Å². The monoisotopic (exact) mass is 286 g/mol. The molecule has 0 amide bonds. The molecule has 0 saturated carbocycles. The molecular weight excluding hydrogens is 283 g/mol. The first-order valence-electron chi connectivity index (χ1n) is 3.97. The molecule has 1 aromatic heterocycles. The van der Waals surface area contributed by atoms with E-state index in [9.17, 15) is 10.1 Å². The van der Waals surface area contributed by atoms with Gasteiger partial charge in [-0.1, -0.05) is 17.7 Å². The van der Waals surface area contributed by atoms with Gasteiger partial charge in [0.15, 0.2) is 0 Å². The van der Waals surface area contributed by atoms with Crippen LogP contribution in [0, 0.1) is 10.1 Å². The van der Waals surface area contributed by atoms with Gasteiger partial charge < -0.3 is 0 Å². The third kappa shape index (κ3) is 1.68. The van der Waals surface area contributed by atoms with Crippen LogP contribution in [0.4, 0.5) is 5.69 Å². The molecule has 0 aliphatic rings. The number of nitro groups is 1. The molecule has 0 bridgehead atoms. The Morgan fingerprint density at radius 2 is 2.13 bits per heavy atom. The number of fused-ring (bicyclic) bond motifs is 1. The normalized spacial score (nSPS) is 10.5. The van der Waals surface area contributed by atoms with E-state index in [-0.39, 0.29) is 10.7 Å². The van der Waals surface area contributed by atoms with E-state index in [0.29, 0.717) is 15.2 Å². The highest BCUT2D eigenvalue weighted by Crippen LogP contribution is 2.36. The van der Waals surface area contributed by atoms with Gasteiger partial charge in [0.25, 0.3) is 5.69 Å². The van der Waals surface area contributed by atoms with E-state index < -0.39 is 4.92 Å². The summed E-state index contributed by atoms with van der Waals surface area (Å²) in [7, 11) is 0. The molecule has 0 atom stereocenters. The summed E-state index contributed by atoms with van der Waals surface area (Å²) < 4.78 is 0.410. The van der Waals surface area contributed by atoms with Crippen LogP contribution in [0.25, 0.3) is 10.8 Å². The molecule has 6 heteroatoms. The Hall–Kier alpha value is -1.20. The van der Waals surface area contributed by atoms with E-state index in [1.165, 1.54) is 6.20 Å². The quantitative estimate of drug-likeness (QED) is 0.595. The molecule has 1 heterocycles. The molecule has 0 saturated heterocycles. The van der Waals surface area contributed by atoms with Crippen LogP contribution in [0.15, 0.2) is 29.0 Å². The van der Waals surface area contributed by atoms with Crippen molar-refractivity contribution in [3.63, 3.8) is 0 Å². The van der Waals surface area contributed by atoms with Gasteiger partial charge in [-0.2, -0.15) is 0 Å². The Kier molecular flexibility index (Phi) is 2.58. The van der Waals surface area contributed by atoms with Gasteiger partial charge in [-0.05, 0) is 22.0 Å². The number of rotatable bonds is 1. The number of aromatic nitrogens is 1. The van der Waals surface area contributed by atoms with Crippen LogP contribution in [-0.2, 0) is 0 Å². The molecule has 0 spiro atoms. The summed E-state index contributed by atoms with van der Waals surface area (Å²) in [5.41, 5.74) is -0.0279.